The van der Waals surface area contributed by atoms with Gasteiger partial charge in [-0.3, -0.25) is 14.5 Å². The zero-order valence-corrected chi connectivity index (χ0v) is 16.1. The molecule has 0 N–H and O–H groups in total. The Balaban J connectivity index is 1.82. The van der Waals surface area contributed by atoms with E-state index in [2.05, 4.69) is 10.0 Å². The van der Waals surface area contributed by atoms with Gasteiger partial charge in [0.05, 0.1) is 11.4 Å². The maximum absolute atomic E-state index is 13.3. The third-order valence-corrected chi connectivity index (χ3v) is 5.02. The number of carbonyl (C=O) groups excluding carboxylic acids is 2. The van der Waals surface area contributed by atoms with Gasteiger partial charge in [0.15, 0.2) is 6.04 Å². The van der Waals surface area contributed by atoms with E-state index in [1.807, 2.05) is 60.7 Å². The molecular formula is C23H19N5O2. The highest BCUT2D eigenvalue weighted by Crippen LogP contribution is 2.38. The number of carbonyl (C=O) groups is 2. The summed E-state index contributed by atoms with van der Waals surface area (Å²) in [5.74, 6) is -1.10. The van der Waals surface area contributed by atoms with Crippen molar-refractivity contribution in [2.24, 2.45) is 5.11 Å². The van der Waals surface area contributed by atoms with Crippen molar-refractivity contribution in [3.63, 3.8) is 0 Å². The van der Waals surface area contributed by atoms with Crippen LogP contribution in [-0.2, 0) is 16.0 Å². The zero-order chi connectivity index (χ0) is 20.9. The van der Waals surface area contributed by atoms with Gasteiger partial charge in [0, 0.05) is 17.1 Å². The average Bonchev–Trinajstić information content (AvgIpc) is 2.87. The predicted molar refractivity (Wildman–Crippen MR) is 115 cm³/mol. The molecule has 0 bridgehead atoms. The Bertz CT molecular complexity index is 1110. The molecule has 1 heterocycles. The van der Waals surface area contributed by atoms with Gasteiger partial charge in [-0.2, -0.15) is 0 Å². The van der Waals surface area contributed by atoms with E-state index in [1.54, 1.807) is 29.2 Å². The average molecular weight is 397 g/mol. The lowest BCUT2D eigenvalue weighted by Gasteiger charge is -2.25. The minimum absolute atomic E-state index is 0.354. The van der Waals surface area contributed by atoms with Crippen molar-refractivity contribution in [2.45, 2.75) is 12.5 Å². The molecule has 3 aromatic rings. The highest BCUT2D eigenvalue weighted by atomic mass is 16.2. The van der Waals surface area contributed by atoms with Crippen LogP contribution in [0.3, 0.4) is 0 Å². The minimum atomic E-state index is -1.47. The first-order valence-electron chi connectivity index (χ1n) is 9.58. The Morgan fingerprint density at radius 2 is 1.40 bits per heavy atom. The standard InChI is InChI=1S/C23H19N5O2/c24-26-25-21-22(29)27(16-15-17-9-3-1-4-10-17)19-13-7-8-14-20(19)28(23(21)30)18-11-5-2-6-12-18/h1-14,21H,15-16H2. The number of fused-ring (bicyclic) bond motifs is 1. The molecule has 3 aromatic carbocycles. The molecule has 0 aromatic heterocycles. The summed E-state index contributed by atoms with van der Waals surface area (Å²) in [5, 5.41) is 3.57. The van der Waals surface area contributed by atoms with Crippen LogP contribution in [0.25, 0.3) is 10.4 Å². The van der Waals surface area contributed by atoms with Crippen molar-refractivity contribution in [1.82, 2.24) is 0 Å². The van der Waals surface area contributed by atoms with Gasteiger partial charge in [0.1, 0.15) is 0 Å². The molecule has 148 valence electrons. The molecule has 1 aliphatic heterocycles. The van der Waals surface area contributed by atoms with Crippen LogP contribution in [0.1, 0.15) is 5.56 Å². The molecule has 7 heteroatoms. The van der Waals surface area contributed by atoms with Crippen LogP contribution in [-0.4, -0.2) is 24.4 Å². The predicted octanol–water partition coefficient (Wildman–Crippen LogP) is 4.62. The van der Waals surface area contributed by atoms with Crippen molar-refractivity contribution < 1.29 is 9.59 Å². The van der Waals surface area contributed by atoms with Crippen molar-refractivity contribution in [3.05, 3.63) is 101 Å². The Labute approximate surface area is 173 Å². The first-order valence-corrected chi connectivity index (χ1v) is 9.58. The van der Waals surface area contributed by atoms with Gasteiger partial charge >= 0.3 is 0 Å². The fourth-order valence-corrected chi connectivity index (χ4v) is 3.60. The first kappa shape index (κ1) is 19.2. The molecule has 7 nitrogen and oxygen atoms in total. The van der Waals surface area contributed by atoms with Crippen LogP contribution in [0.4, 0.5) is 17.1 Å². The number of anilines is 3. The number of azide groups is 1. The molecule has 0 fully saturated rings. The van der Waals surface area contributed by atoms with E-state index >= 15 is 0 Å². The summed E-state index contributed by atoms with van der Waals surface area (Å²) in [7, 11) is 0. The van der Waals surface area contributed by atoms with E-state index < -0.39 is 17.9 Å². The molecule has 1 atom stereocenters. The van der Waals surface area contributed by atoms with Crippen LogP contribution in [0.5, 0.6) is 0 Å². The Kier molecular flexibility index (Phi) is 5.46. The number of rotatable bonds is 5. The van der Waals surface area contributed by atoms with E-state index in [9.17, 15) is 9.59 Å². The molecule has 2 amide bonds. The van der Waals surface area contributed by atoms with E-state index in [-0.39, 0.29) is 0 Å². The van der Waals surface area contributed by atoms with Crippen molar-refractivity contribution in [3.8, 4) is 0 Å². The van der Waals surface area contributed by atoms with E-state index in [4.69, 9.17) is 5.53 Å². The van der Waals surface area contributed by atoms with Crippen LogP contribution in [0, 0.1) is 0 Å². The van der Waals surface area contributed by atoms with Gasteiger partial charge in [0.2, 0.25) is 11.8 Å². The van der Waals surface area contributed by atoms with E-state index in [1.165, 1.54) is 4.90 Å². The summed E-state index contributed by atoms with van der Waals surface area (Å²) in [6.07, 6.45) is 0.601. The molecule has 0 saturated carbocycles. The number of para-hydroxylation sites is 3. The maximum Gasteiger partial charge on any atom is 0.250 e. The molecule has 0 radical (unpaired) electrons. The van der Waals surface area contributed by atoms with Crippen LogP contribution >= 0.6 is 0 Å². The number of hydrogen-bond acceptors (Lipinski definition) is 3. The molecule has 1 unspecified atom stereocenters. The second-order valence-corrected chi connectivity index (χ2v) is 6.83. The molecule has 30 heavy (non-hydrogen) atoms. The van der Waals surface area contributed by atoms with E-state index in [0.29, 0.717) is 30.0 Å². The smallest absolute Gasteiger partial charge is 0.250 e. The number of benzene rings is 3. The highest BCUT2D eigenvalue weighted by molar-refractivity contribution is 6.22. The fraction of sp³-hybridized carbons (Fsp3) is 0.130. The van der Waals surface area contributed by atoms with Gasteiger partial charge < -0.3 is 4.90 Å². The molecule has 0 saturated heterocycles. The summed E-state index contributed by atoms with van der Waals surface area (Å²) in [6, 6.07) is 24.6. The van der Waals surface area contributed by atoms with E-state index in [0.717, 1.165) is 5.56 Å². The lowest BCUT2D eigenvalue weighted by Crippen LogP contribution is -2.44. The Morgan fingerprint density at radius 3 is 2.07 bits per heavy atom. The van der Waals surface area contributed by atoms with Crippen LogP contribution < -0.4 is 9.80 Å². The maximum atomic E-state index is 13.3. The fourth-order valence-electron chi connectivity index (χ4n) is 3.60. The van der Waals surface area contributed by atoms with Gasteiger partial charge in [-0.05, 0) is 41.8 Å². The molecule has 0 spiro atoms. The molecule has 0 aliphatic carbocycles. The third-order valence-electron chi connectivity index (χ3n) is 5.02. The van der Waals surface area contributed by atoms with Gasteiger partial charge in [-0.1, -0.05) is 65.8 Å². The van der Waals surface area contributed by atoms with Crippen molar-refractivity contribution in [1.29, 1.82) is 0 Å². The lowest BCUT2D eigenvalue weighted by atomic mass is 10.1. The summed E-state index contributed by atoms with van der Waals surface area (Å²) in [4.78, 5) is 32.4. The monoisotopic (exact) mass is 397 g/mol. The normalized spacial score (nSPS) is 15.9. The molecule has 4 rings (SSSR count). The summed E-state index contributed by atoms with van der Waals surface area (Å²) < 4.78 is 0. The second kappa shape index (κ2) is 8.51. The number of nitrogens with zero attached hydrogens (tertiary/aromatic N) is 5. The van der Waals surface area contributed by atoms with Gasteiger partial charge in [-0.15, -0.1) is 0 Å². The molecule has 1 aliphatic rings. The zero-order valence-electron chi connectivity index (χ0n) is 16.1. The molecular weight excluding hydrogens is 378 g/mol. The van der Waals surface area contributed by atoms with Gasteiger partial charge in [0.25, 0.3) is 0 Å². The highest BCUT2D eigenvalue weighted by Gasteiger charge is 2.40. The van der Waals surface area contributed by atoms with Crippen LogP contribution in [0.15, 0.2) is 90.0 Å². The topological polar surface area (TPSA) is 89.4 Å². The second-order valence-electron chi connectivity index (χ2n) is 6.83. The lowest BCUT2D eigenvalue weighted by molar-refractivity contribution is -0.127. The summed E-state index contributed by atoms with van der Waals surface area (Å²) in [6.45, 7) is 0.354. The number of amides is 2. The quantitative estimate of drug-likeness (QED) is 0.272. The van der Waals surface area contributed by atoms with Crippen molar-refractivity contribution >= 4 is 28.9 Å². The third kappa shape index (κ3) is 3.62. The van der Waals surface area contributed by atoms with Crippen LogP contribution in [0.2, 0.25) is 0 Å². The van der Waals surface area contributed by atoms with Gasteiger partial charge in [-0.25, -0.2) is 0 Å². The first-order chi connectivity index (χ1) is 14.7. The SMILES string of the molecule is [N-]=[N+]=NC1C(=O)N(CCc2ccccc2)c2ccccc2N(c2ccccc2)C1=O. The Morgan fingerprint density at radius 1 is 0.800 bits per heavy atom. The minimum Gasteiger partial charge on any atom is -0.309 e. The summed E-state index contributed by atoms with van der Waals surface area (Å²) in [5.41, 5.74) is 11.9. The largest absolute Gasteiger partial charge is 0.309 e. The Hall–Kier alpha value is -4.09. The summed E-state index contributed by atoms with van der Waals surface area (Å²) >= 11 is 0. The van der Waals surface area contributed by atoms with Crippen molar-refractivity contribution in [2.75, 3.05) is 16.3 Å². The number of hydrogen-bond donors (Lipinski definition) is 0.